The van der Waals surface area contributed by atoms with Gasteiger partial charge >= 0.3 is 5.97 Å². The smallest absolute Gasteiger partial charge is 0.321 e. The molecule has 0 aliphatic rings. The summed E-state index contributed by atoms with van der Waals surface area (Å²) in [4.78, 5) is 25.3. The first-order valence-corrected chi connectivity index (χ1v) is 9.06. The fraction of sp³-hybridized carbons (Fsp3) is 0.571. The van der Waals surface area contributed by atoms with Crippen molar-refractivity contribution < 1.29 is 22.7 Å². The molecule has 21 heavy (non-hydrogen) atoms. The molecular weight excluding hydrogens is 312 g/mol. The Balaban J connectivity index is 2.75. The molecule has 0 aromatic carbocycles. The molecule has 0 saturated carbocycles. The van der Waals surface area contributed by atoms with Crippen molar-refractivity contribution in [2.45, 2.75) is 40.2 Å². The van der Waals surface area contributed by atoms with E-state index in [9.17, 15) is 18.0 Å². The first-order valence-electron chi connectivity index (χ1n) is 6.42. The van der Waals surface area contributed by atoms with Crippen LogP contribution in [0.1, 0.15) is 40.9 Å². The molecule has 0 spiro atoms. The Labute approximate surface area is 129 Å². The zero-order chi connectivity index (χ0) is 16.4. The second kappa shape index (κ2) is 6.27. The van der Waals surface area contributed by atoms with Crippen molar-refractivity contribution in [3.63, 3.8) is 0 Å². The Morgan fingerprint density at radius 3 is 2.19 bits per heavy atom. The summed E-state index contributed by atoms with van der Waals surface area (Å²) in [6, 6.07) is 1.67. The highest BCUT2D eigenvalue weighted by atomic mass is 32.2. The summed E-state index contributed by atoms with van der Waals surface area (Å²) < 4.78 is 28.8. The van der Waals surface area contributed by atoms with Crippen LogP contribution in [0.2, 0.25) is 0 Å². The maximum atomic E-state index is 12.0. The Morgan fingerprint density at radius 2 is 1.76 bits per heavy atom. The Morgan fingerprint density at radius 1 is 1.19 bits per heavy atom. The highest BCUT2D eigenvalue weighted by Crippen LogP contribution is 2.21. The molecule has 0 N–H and O–H groups in total. The quantitative estimate of drug-likeness (QED) is 0.611. The largest absolute Gasteiger partial charge is 0.459 e. The van der Waals surface area contributed by atoms with Crippen LogP contribution in [0.25, 0.3) is 0 Å². The number of sulfone groups is 1. The van der Waals surface area contributed by atoms with Crippen molar-refractivity contribution in [2.24, 2.45) is 0 Å². The number of thiophene rings is 1. The van der Waals surface area contributed by atoms with Gasteiger partial charge in [0, 0.05) is 15.3 Å². The van der Waals surface area contributed by atoms with E-state index in [4.69, 9.17) is 4.74 Å². The van der Waals surface area contributed by atoms with E-state index < -0.39 is 38.7 Å². The third-order valence-corrected chi connectivity index (χ3v) is 4.79. The van der Waals surface area contributed by atoms with E-state index in [0.717, 1.165) is 9.75 Å². The molecule has 7 heteroatoms. The second-order valence-electron chi connectivity index (χ2n) is 5.87. The van der Waals surface area contributed by atoms with Crippen LogP contribution in [0, 0.1) is 13.8 Å². The summed E-state index contributed by atoms with van der Waals surface area (Å²) in [6.07, 6.45) is 0. The van der Waals surface area contributed by atoms with Crippen LogP contribution in [-0.2, 0) is 19.4 Å². The lowest BCUT2D eigenvalue weighted by Crippen LogP contribution is -2.30. The first-order chi connectivity index (χ1) is 9.39. The van der Waals surface area contributed by atoms with Crippen molar-refractivity contribution in [1.29, 1.82) is 0 Å². The highest BCUT2D eigenvalue weighted by Gasteiger charge is 2.26. The third-order valence-electron chi connectivity index (χ3n) is 2.45. The van der Waals surface area contributed by atoms with E-state index in [0.29, 0.717) is 5.56 Å². The van der Waals surface area contributed by atoms with Crippen LogP contribution in [0.3, 0.4) is 0 Å². The van der Waals surface area contributed by atoms with Gasteiger partial charge in [0.2, 0.25) is 0 Å². The Kier molecular flexibility index (Phi) is 5.33. The maximum absolute atomic E-state index is 12.0. The molecule has 0 aliphatic heterocycles. The molecule has 0 bridgehead atoms. The van der Waals surface area contributed by atoms with E-state index in [2.05, 4.69) is 0 Å². The molecule has 0 aliphatic carbocycles. The molecule has 1 aromatic heterocycles. The maximum Gasteiger partial charge on any atom is 0.321 e. The number of ether oxygens (including phenoxy) is 1. The van der Waals surface area contributed by atoms with Crippen LogP contribution in [-0.4, -0.2) is 37.3 Å². The number of carbonyl (C=O) groups excluding carboxylic acids is 2. The Hall–Kier alpha value is -1.21. The van der Waals surface area contributed by atoms with E-state index >= 15 is 0 Å². The molecular formula is C14H20O5S2. The molecule has 0 saturated heterocycles. The average Bonchev–Trinajstić information content (AvgIpc) is 2.52. The van der Waals surface area contributed by atoms with Gasteiger partial charge in [-0.2, -0.15) is 0 Å². The first kappa shape index (κ1) is 17.8. The summed E-state index contributed by atoms with van der Waals surface area (Å²) in [5.74, 6) is -2.78. The molecule has 0 fully saturated rings. The molecule has 1 heterocycles. The summed E-state index contributed by atoms with van der Waals surface area (Å²) in [7, 11) is -3.83. The number of rotatable bonds is 5. The van der Waals surface area contributed by atoms with Crippen LogP contribution in [0.4, 0.5) is 0 Å². The molecule has 0 unspecified atom stereocenters. The number of hydrogen-bond acceptors (Lipinski definition) is 6. The van der Waals surface area contributed by atoms with Crippen LogP contribution in [0.15, 0.2) is 6.07 Å². The lowest BCUT2D eigenvalue weighted by molar-refractivity contribution is -0.151. The van der Waals surface area contributed by atoms with Gasteiger partial charge in [-0.1, -0.05) is 0 Å². The Bertz CT molecular complexity index is 647. The van der Waals surface area contributed by atoms with Crippen molar-refractivity contribution >= 4 is 32.9 Å². The van der Waals surface area contributed by atoms with Gasteiger partial charge in [0.1, 0.15) is 17.1 Å². The summed E-state index contributed by atoms with van der Waals surface area (Å²) in [5, 5.41) is 0. The molecule has 1 aromatic rings. The highest BCUT2D eigenvalue weighted by molar-refractivity contribution is 7.92. The van der Waals surface area contributed by atoms with E-state index in [1.165, 1.54) is 11.3 Å². The second-order valence-corrected chi connectivity index (χ2v) is 9.39. The van der Waals surface area contributed by atoms with Crippen LogP contribution in [0.5, 0.6) is 0 Å². The standard InChI is InChI=1S/C14H20O5S2/c1-9-6-11(10(2)20-9)12(15)7-21(17,18)8-13(16)19-14(3,4)5/h6H,7-8H2,1-5H3. The summed E-state index contributed by atoms with van der Waals surface area (Å²) in [5.41, 5.74) is -0.345. The van der Waals surface area contributed by atoms with Gasteiger partial charge < -0.3 is 4.74 Å². The lowest BCUT2D eigenvalue weighted by Gasteiger charge is -2.19. The predicted octanol–water partition coefficient (Wildman–Crippen LogP) is 2.30. The third kappa shape index (κ3) is 5.97. The van der Waals surface area contributed by atoms with Crippen LogP contribution < -0.4 is 0 Å². The fourth-order valence-corrected chi connectivity index (χ4v) is 3.80. The minimum Gasteiger partial charge on any atom is -0.459 e. The molecule has 0 amide bonds. The molecule has 118 valence electrons. The van der Waals surface area contributed by atoms with E-state index in [-0.39, 0.29) is 0 Å². The van der Waals surface area contributed by atoms with Gasteiger partial charge in [-0.3, -0.25) is 9.59 Å². The van der Waals surface area contributed by atoms with Gasteiger partial charge in [-0.05, 0) is 40.7 Å². The number of carbonyl (C=O) groups is 2. The molecule has 5 nitrogen and oxygen atoms in total. The zero-order valence-electron chi connectivity index (χ0n) is 12.8. The average molecular weight is 332 g/mol. The number of ketones is 1. The number of aryl methyl sites for hydroxylation is 2. The molecule has 0 atom stereocenters. The topological polar surface area (TPSA) is 77.5 Å². The van der Waals surface area contributed by atoms with Gasteiger partial charge in [0.25, 0.3) is 0 Å². The number of esters is 1. The van der Waals surface area contributed by atoms with E-state index in [1.54, 1.807) is 33.8 Å². The minimum absolute atomic E-state index is 0.408. The minimum atomic E-state index is -3.83. The summed E-state index contributed by atoms with van der Waals surface area (Å²) >= 11 is 1.44. The monoisotopic (exact) mass is 332 g/mol. The van der Waals surface area contributed by atoms with Crippen molar-refractivity contribution in [3.05, 3.63) is 21.4 Å². The predicted molar refractivity (Wildman–Crippen MR) is 82.6 cm³/mol. The van der Waals surface area contributed by atoms with Crippen molar-refractivity contribution in [2.75, 3.05) is 11.5 Å². The zero-order valence-corrected chi connectivity index (χ0v) is 14.5. The van der Waals surface area contributed by atoms with Gasteiger partial charge in [-0.25, -0.2) is 8.42 Å². The fourth-order valence-electron chi connectivity index (χ4n) is 1.79. The number of Topliss-reactive ketones (excluding diaryl/α,β-unsaturated/α-hetero) is 1. The molecule has 1 rings (SSSR count). The van der Waals surface area contributed by atoms with Gasteiger partial charge in [0.05, 0.1) is 0 Å². The van der Waals surface area contributed by atoms with Gasteiger partial charge in [-0.15, -0.1) is 11.3 Å². The molecule has 0 radical (unpaired) electrons. The van der Waals surface area contributed by atoms with E-state index in [1.807, 2.05) is 6.92 Å². The lowest BCUT2D eigenvalue weighted by atomic mass is 10.2. The van der Waals surface area contributed by atoms with Crippen molar-refractivity contribution in [3.8, 4) is 0 Å². The van der Waals surface area contributed by atoms with Gasteiger partial charge in [0.15, 0.2) is 15.6 Å². The summed E-state index contributed by atoms with van der Waals surface area (Å²) in [6.45, 7) is 8.58. The van der Waals surface area contributed by atoms with Crippen LogP contribution >= 0.6 is 11.3 Å². The normalized spacial score (nSPS) is 12.2. The SMILES string of the molecule is Cc1cc(C(=O)CS(=O)(=O)CC(=O)OC(C)(C)C)c(C)s1. The number of hydrogen-bond donors (Lipinski definition) is 0. The van der Waals surface area contributed by atoms with Crippen molar-refractivity contribution in [1.82, 2.24) is 0 Å².